The van der Waals surface area contributed by atoms with Gasteiger partial charge >= 0.3 is 0 Å². The van der Waals surface area contributed by atoms with E-state index in [9.17, 15) is 4.39 Å². The first-order valence-electron chi connectivity index (χ1n) is 8.44. The van der Waals surface area contributed by atoms with E-state index in [1.54, 1.807) is 6.07 Å². The summed E-state index contributed by atoms with van der Waals surface area (Å²) in [4.78, 5) is 0. The topological polar surface area (TPSA) is 38.0 Å². The van der Waals surface area contributed by atoms with E-state index in [2.05, 4.69) is 19.2 Å². The first kappa shape index (κ1) is 16.3. The Kier molecular flexibility index (Phi) is 6.04. The first-order valence-corrected chi connectivity index (χ1v) is 8.44. The van der Waals surface area contributed by atoms with Crippen LogP contribution in [-0.4, -0.2) is 12.6 Å². The van der Waals surface area contributed by atoms with E-state index in [1.165, 1.54) is 0 Å². The molecule has 2 nitrogen and oxygen atoms in total. The molecule has 1 unspecified atom stereocenters. The standard InChI is InChI=1S/C18H29FN2/c1-3-11-21-15-9-10-16(17(19)12-15)13-5-7-14(8-6-13)18(20)4-2/h9-10,12-14,18,21H,3-8,11,20H2,1-2H3. The van der Waals surface area contributed by atoms with Gasteiger partial charge in [0.25, 0.3) is 0 Å². The predicted octanol–water partition coefficient (Wildman–Crippen LogP) is 4.66. The van der Waals surface area contributed by atoms with Gasteiger partial charge in [0.1, 0.15) is 5.82 Å². The summed E-state index contributed by atoms with van der Waals surface area (Å²) in [5.41, 5.74) is 7.92. The SMILES string of the molecule is CCCNc1ccc(C2CCC(C(N)CC)CC2)c(F)c1. The van der Waals surface area contributed by atoms with Crippen LogP contribution in [0.5, 0.6) is 0 Å². The lowest BCUT2D eigenvalue weighted by atomic mass is 9.75. The lowest BCUT2D eigenvalue weighted by Crippen LogP contribution is -2.32. The van der Waals surface area contributed by atoms with Crippen LogP contribution in [-0.2, 0) is 0 Å². The van der Waals surface area contributed by atoms with Crippen molar-refractivity contribution in [2.24, 2.45) is 11.7 Å². The summed E-state index contributed by atoms with van der Waals surface area (Å²) in [7, 11) is 0. The highest BCUT2D eigenvalue weighted by molar-refractivity contribution is 5.46. The average Bonchev–Trinajstić information content (AvgIpc) is 2.52. The largest absolute Gasteiger partial charge is 0.385 e. The van der Waals surface area contributed by atoms with Crippen LogP contribution in [0.3, 0.4) is 0 Å². The highest BCUT2D eigenvalue weighted by atomic mass is 19.1. The van der Waals surface area contributed by atoms with Crippen molar-refractivity contribution in [3.8, 4) is 0 Å². The summed E-state index contributed by atoms with van der Waals surface area (Å²) in [6, 6.07) is 5.95. The average molecular weight is 292 g/mol. The predicted molar refractivity (Wildman–Crippen MR) is 88.1 cm³/mol. The highest BCUT2D eigenvalue weighted by Gasteiger charge is 2.27. The Morgan fingerprint density at radius 3 is 2.52 bits per heavy atom. The smallest absolute Gasteiger partial charge is 0.128 e. The summed E-state index contributed by atoms with van der Waals surface area (Å²) in [6.07, 6.45) is 6.49. The number of hydrogen-bond acceptors (Lipinski definition) is 2. The number of benzene rings is 1. The van der Waals surface area contributed by atoms with Crippen LogP contribution >= 0.6 is 0 Å². The van der Waals surface area contributed by atoms with Crippen LogP contribution in [0.1, 0.15) is 63.9 Å². The number of hydrogen-bond donors (Lipinski definition) is 2. The Bertz CT molecular complexity index is 439. The van der Waals surface area contributed by atoms with Gasteiger partial charge in [-0.1, -0.05) is 19.9 Å². The van der Waals surface area contributed by atoms with Gasteiger partial charge in [0.15, 0.2) is 0 Å². The molecule has 2 rings (SSSR count). The van der Waals surface area contributed by atoms with Crippen LogP contribution in [0.25, 0.3) is 0 Å². The van der Waals surface area contributed by atoms with Crippen molar-refractivity contribution in [3.63, 3.8) is 0 Å². The Morgan fingerprint density at radius 1 is 1.24 bits per heavy atom. The van der Waals surface area contributed by atoms with Gasteiger partial charge in [-0.05, 0) is 68.1 Å². The molecule has 118 valence electrons. The molecule has 0 amide bonds. The maximum Gasteiger partial charge on any atom is 0.128 e. The quantitative estimate of drug-likeness (QED) is 0.800. The molecule has 1 saturated carbocycles. The van der Waals surface area contributed by atoms with Crippen LogP contribution < -0.4 is 11.1 Å². The van der Waals surface area contributed by atoms with Crippen molar-refractivity contribution in [1.29, 1.82) is 0 Å². The molecule has 1 aromatic rings. The molecule has 0 saturated heterocycles. The first-order chi connectivity index (χ1) is 10.2. The number of halogens is 1. The molecular formula is C18H29FN2. The molecule has 3 N–H and O–H groups in total. The van der Waals surface area contributed by atoms with Gasteiger partial charge in [0, 0.05) is 18.3 Å². The Morgan fingerprint density at radius 2 is 1.95 bits per heavy atom. The van der Waals surface area contributed by atoms with Crippen molar-refractivity contribution in [3.05, 3.63) is 29.6 Å². The lowest BCUT2D eigenvalue weighted by molar-refractivity contribution is 0.275. The molecule has 0 spiro atoms. The minimum atomic E-state index is -0.0562. The minimum absolute atomic E-state index is 0.0562. The number of nitrogens with one attached hydrogen (secondary N) is 1. The van der Waals surface area contributed by atoms with E-state index in [-0.39, 0.29) is 5.82 Å². The molecule has 1 aliphatic rings. The second-order valence-electron chi connectivity index (χ2n) is 6.35. The number of rotatable bonds is 6. The highest BCUT2D eigenvalue weighted by Crippen LogP contribution is 2.38. The fourth-order valence-corrected chi connectivity index (χ4v) is 3.43. The maximum absolute atomic E-state index is 14.3. The molecular weight excluding hydrogens is 263 g/mol. The van der Waals surface area contributed by atoms with Crippen LogP contribution in [0.2, 0.25) is 0 Å². The fraction of sp³-hybridized carbons (Fsp3) is 0.667. The molecule has 1 aromatic carbocycles. The molecule has 0 aliphatic heterocycles. The molecule has 0 heterocycles. The zero-order chi connectivity index (χ0) is 15.2. The molecule has 1 atom stereocenters. The summed E-state index contributed by atoms with van der Waals surface area (Å²) >= 11 is 0. The Balaban J connectivity index is 1.97. The van der Waals surface area contributed by atoms with Gasteiger partial charge in [0.2, 0.25) is 0 Å². The second-order valence-corrected chi connectivity index (χ2v) is 6.35. The lowest BCUT2D eigenvalue weighted by Gasteiger charge is -2.32. The van der Waals surface area contributed by atoms with E-state index < -0.39 is 0 Å². The van der Waals surface area contributed by atoms with Crippen LogP contribution in [0.15, 0.2) is 18.2 Å². The Labute approximate surface area is 128 Å². The molecule has 0 bridgehead atoms. The molecule has 1 fully saturated rings. The van der Waals surface area contributed by atoms with Gasteiger partial charge in [-0.25, -0.2) is 4.39 Å². The second kappa shape index (κ2) is 7.79. The maximum atomic E-state index is 14.3. The van der Waals surface area contributed by atoms with Crippen LogP contribution in [0, 0.1) is 11.7 Å². The molecule has 21 heavy (non-hydrogen) atoms. The number of nitrogens with two attached hydrogens (primary N) is 1. The van der Waals surface area contributed by atoms with Gasteiger partial charge in [-0.15, -0.1) is 0 Å². The summed E-state index contributed by atoms with van der Waals surface area (Å²) in [6.45, 7) is 5.15. The third kappa shape index (κ3) is 4.19. The van der Waals surface area contributed by atoms with Crippen LogP contribution in [0.4, 0.5) is 10.1 Å². The van der Waals surface area contributed by atoms with E-state index in [0.717, 1.165) is 56.3 Å². The Hall–Kier alpha value is -1.09. The molecule has 1 aliphatic carbocycles. The van der Waals surface area contributed by atoms with Gasteiger partial charge in [-0.2, -0.15) is 0 Å². The van der Waals surface area contributed by atoms with Crippen molar-refractivity contribution < 1.29 is 4.39 Å². The van der Waals surface area contributed by atoms with E-state index in [1.807, 2.05) is 12.1 Å². The van der Waals surface area contributed by atoms with Gasteiger partial charge < -0.3 is 11.1 Å². The third-order valence-corrected chi connectivity index (χ3v) is 4.87. The molecule has 3 heteroatoms. The summed E-state index contributed by atoms with van der Waals surface area (Å²) < 4.78 is 14.3. The molecule has 0 radical (unpaired) electrons. The monoisotopic (exact) mass is 292 g/mol. The van der Waals surface area contributed by atoms with Gasteiger partial charge in [0.05, 0.1) is 0 Å². The van der Waals surface area contributed by atoms with Crippen molar-refractivity contribution in [2.75, 3.05) is 11.9 Å². The summed E-state index contributed by atoms with van der Waals surface area (Å²) in [5, 5.41) is 3.24. The normalized spacial score (nSPS) is 23.8. The minimum Gasteiger partial charge on any atom is -0.385 e. The third-order valence-electron chi connectivity index (χ3n) is 4.87. The zero-order valence-corrected chi connectivity index (χ0v) is 13.4. The van der Waals surface area contributed by atoms with Crippen molar-refractivity contribution >= 4 is 5.69 Å². The van der Waals surface area contributed by atoms with Crippen molar-refractivity contribution in [2.45, 2.75) is 64.3 Å². The number of anilines is 1. The van der Waals surface area contributed by atoms with Gasteiger partial charge in [-0.3, -0.25) is 0 Å². The van der Waals surface area contributed by atoms with E-state index in [0.29, 0.717) is 17.9 Å². The zero-order valence-electron chi connectivity index (χ0n) is 13.4. The summed E-state index contributed by atoms with van der Waals surface area (Å²) in [5.74, 6) is 0.935. The van der Waals surface area contributed by atoms with Crippen molar-refractivity contribution in [1.82, 2.24) is 0 Å². The molecule has 0 aromatic heterocycles. The van der Waals surface area contributed by atoms with E-state index >= 15 is 0 Å². The fourth-order valence-electron chi connectivity index (χ4n) is 3.43. The van der Waals surface area contributed by atoms with E-state index in [4.69, 9.17) is 5.73 Å².